The molecule has 5 heteroatoms. The minimum Gasteiger partial charge on any atom is -0.380 e. The first kappa shape index (κ1) is 15.3. The van der Waals surface area contributed by atoms with Crippen LogP contribution in [0.25, 0.3) is 0 Å². The third kappa shape index (κ3) is 3.73. The number of carbonyl (C=O) groups is 1. The Labute approximate surface area is 128 Å². The molecule has 1 unspecified atom stereocenters. The van der Waals surface area contributed by atoms with Crippen LogP contribution in [-0.4, -0.2) is 18.5 Å². The molecule has 0 heterocycles. The molecule has 0 saturated heterocycles. The molecule has 2 rings (SSSR count). The van der Waals surface area contributed by atoms with Crippen molar-refractivity contribution in [3.05, 3.63) is 28.2 Å². The minimum atomic E-state index is -0.423. The smallest absolute Gasteiger partial charge is 0.250 e. The van der Waals surface area contributed by atoms with Crippen molar-refractivity contribution >= 4 is 27.5 Å². The van der Waals surface area contributed by atoms with Crippen molar-refractivity contribution in [2.24, 2.45) is 17.4 Å². The molecule has 1 aliphatic carbocycles. The maximum Gasteiger partial charge on any atom is 0.250 e. The molecule has 110 valence electrons. The molecule has 0 radical (unpaired) electrons. The molecule has 1 saturated carbocycles. The van der Waals surface area contributed by atoms with Crippen molar-refractivity contribution in [1.82, 2.24) is 0 Å². The number of rotatable bonds is 5. The predicted octanol–water partition coefficient (Wildman–Crippen LogP) is 2.87. The molecule has 0 aliphatic heterocycles. The molecule has 1 atom stereocenters. The predicted molar refractivity (Wildman–Crippen MR) is 85.7 cm³/mol. The van der Waals surface area contributed by atoms with E-state index in [2.05, 4.69) is 21.2 Å². The van der Waals surface area contributed by atoms with Crippen molar-refractivity contribution < 1.29 is 4.79 Å². The lowest BCUT2D eigenvalue weighted by Gasteiger charge is -2.31. The number of hydrogen-bond donors (Lipinski definition) is 3. The molecule has 1 aromatic rings. The third-order valence-electron chi connectivity index (χ3n) is 4.06. The summed E-state index contributed by atoms with van der Waals surface area (Å²) in [5, 5.41) is 3.43. The highest BCUT2D eigenvalue weighted by Crippen LogP contribution is 2.29. The Hall–Kier alpha value is -1.07. The van der Waals surface area contributed by atoms with E-state index in [0.717, 1.165) is 10.2 Å². The Kier molecular flexibility index (Phi) is 5.43. The molecule has 1 fully saturated rings. The van der Waals surface area contributed by atoms with Gasteiger partial charge in [0.15, 0.2) is 0 Å². The molecular weight excluding hydrogens is 318 g/mol. The molecule has 1 aliphatic rings. The molecule has 0 bridgehead atoms. The summed E-state index contributed by atoms with van der Waals surface area (Å²) in [6.45, 7) is 0.568. The van der Waals surface area contributed by atoms with E-state index >= 15 is 0 Å². The second-order valence-corrected chi connectivity index (χ2v) is 6.35. The average Bonchev–Trinajstić information content (AvgIpc) is 2.46. The van der Waals surface area contributed by atoms with Crippen LogP contribution in [0.4, 0.5) is 5.69 Å². The van der Waals surface area contributed by atoms with Gasteiger partial charge in [-0.2, -0.15) is 0 Å². The van der Waals surface area contributed by atoms with Gasteiger partial charge >= 0.3 is 0 Å². The van der Waals surface area contributed by atoms with Gasteiger partial charge in [0.05, 0.1) is 5.56 Å². The number of amides is 1. The zero-order valence-corrected chi connectivity index (χ0v) is 13.2. The Morgan fingerprint density at radius 1 is 1.35 bits per heavy atom. The van der Waals surface area contributed by atoms with E-state index in [1.807, 2.05) is 12.1 Å². The topological polar surface area (TPSA) is 81.1 Å². The van der Waals surface area contributed by atoms with Crippen LogP contribution < -0.4 is 16.8 Å². The number of nitrogens with two attached hydrogens (primary N) is 2. The first-order valence-corrected chi connectivity index (χ1v) is 7.97. The summed E-state index contributed by atoms with van der Waals surface area (Å²) >= 11 is 3.36. The van der Waals surface area contributed by atoms with Gasteiger partial charge in [-0.3, -0.25) is 4.79 Å². The largest absolute Gasteiger partial charge is 0.380 e. The van der Waals surface area contributed by atoms with E-state index in [9.17, 15) is 4.79 Å². The van der Waals surface area contributed by atoms with Gasteiger partial charge in [0.2, 0.25) is 0 Å². The molecule has 4 nitrogen and oxygen atoms in total. The molecule has 1 amide bonds. The third-order valence-corrected chi connectivity index (χ3v) is 4.55. The maximum absolute atomic E-state index is 11.6. The van der Waals surface area contributed by atoms with Crippen LogP contribution in [0.5, 0.6) is 0 Å². The fraction of sp³-hybridized carbons (Fsp3) is 0.533. The van der Waals surface area contributed by atoms with Gasteiger partial charge in [0, 0.05) is 22.7 Å². The van der Waals surface area contributed by atoms with Crippen LogP contribution in [0.15, 0.2) is 22.7 Å². The van der Waals surface area contributed by atoms with E-state index in [4.69, 9.17) is 11.5 Å². The van der Waals surface area contributed by atoms with E-state index in [1.54, 1.807) is 6.07 Å². The quantitative estimate of drug-likeness (QED) is 0.771. The SMILES string of the molecule is NCC(Nc1ccc(Br)cc1C(N)=O)C1CCCCC1. The van der Waals surface area contributed by atoms with Gasteiger partial charge < -0.3 is 16.8 Å². The number of hydrogen-bond acceptors (Lipinski definition) is 3. The normalized spacial score (nSPS) is 17.7. The van der Waals surface area contributed by atoms with Crippen molar-refractivity contribution in [1.29, 1.82) is 0 Å². The highest BCUT2D eigenvalue weighted by atomic mass is 79.9. The zero-order chi connectivity index (χ0) is 14.5. The van der Waals surface area contributed by atoms with Crippen LogP contribution in [0.2, 0.25) is 0 Å². The van der Waals surface area contributed by atoms with Gasteiger partial charge in [-0.25, -0.2) is 0 Å². The summed E-state index contributed by atoms with van der Waals surface area (Å²) < 4.78 is 0.846. The first-order valence-electron chi connectivity index (χ1n) is 7.17. The van der Waals surface area contributed by atoms with Crippen molar-refractivity contribution in [3.8, 4) is 0 Å². The molecule has 0 aromatic heterocycles. The van der Waals surface area contributed by atoms with Gasteiger partial charge in [-0.05, 0) is 37.0 Å². The van der Waals surface area contributed by atoms with Gasteiger partial charge in [0.1, 0.15) is 0 Å². The van der Waals surface area contributed by atoms with Gasteiger partial charge in [-0.1, -0.05) is 35.2 Å². The van der Waals surface area contributed by atoms with E-state index in [-0.39, 0.29) is 6.04 Å². The first-order chi connectivity index (χ1) is 9.61. The Morgan fingerprint density at radius 2 is 2.05 bits per heavy atom. The summed E-state index contributed by atoms with van der Waals surface area (Å²) in [4.78, 5) is 11.6. The lowest BCUT2D eigenvalue weighted by atomic mass is 9.83. The van der Waals surface area contributed by atoms with Crippen molar-refractivity contribution in [2.45, 2.75) is 38.1 Å². The fourth-order valence-electron chi connectivity index (χ4n) is 2.95. The number of halogens is 1. The van der Waals surface area contributed by atoms with Crippen LogP contribution in [0.1, 0.15) is 42.5 Å². The van der Waals surface area contributed by atoms with E-state index < -0.39 is 5.91 Å². The monoisotopic (exact) mass is 339 g/mol. The zero-order valence-electron chi connectivity index (χ0n) is 11.6. The number of carbonyl (C=O) groups excluding carboxylic acids is 1. The second-order valence-electron chi connectivity index (χ2n) is 5.44. The molecule has 0 spiro atoms. The lowest BCUT2D eigenvalue weighted by Crippen LogP contribution is -2.38. The van der Waals surface area contributed by atoms with E-state index in [1.165, 1.54) is 32.1 Å². The molecule has 1 aromatic carbocycles. The molecular formula is C15H22BrN3O. The lowest BCUT2D eigenvalue weighted by molar-refractivity contribution is 0.100. The average molecular weight is 340 g/mol. The second kappa shape index (κ2) is 7.09. The minimum absolute atomic E-state index is 0.203. The van der Waals surface area contributed by atoms with Gasteiger partial charge in [-0.15, -0.1) is 0 Å². The standard InChI is InChI=1S/C15H22BrN3O/c16-11-6-7-13(12(8-11)15(18)20)19-14(9-17)10-4-2-1-3-5-10/h6-8,10,14,19H,1-5,9,17H2,(H2,18,20). The molecule has 5 N–H and O–H groups in total. The summed E-state index contributed by atoms with van der Waals surface area (Å²) in [5.74, 6) is 0.159. The van der Waals surface area contributed by atoms with Crippen LogP contribution in [0.3, 0.4) is 0 Å². The Balaban J connectivity index is 2.16. The van der Waals surface area contributed by atoms with Gasteiger partial charge in [0.25, 0.3) is 5.91 Å². The Morgan fingerprint density at radius 3 is 2.65 bits per heavy atom. The summed E-state index contributed by atoms with van der Waals surface area (Å²) in [5.41, 5.74) is 12.7. The fourth-order valence-corrected chi connectivity index (χ4v) is 3.31. The number of anilines is 1. The summed E-state index contributed by atoms with van der Waals surface area (Å²) in [7, 11) is 0. The summed E-state index contributed by atoms with van der Waals surface area (Å²) in [6, 6.07) is 5.74. The summed E-state index contributed by atoms with van der Waals surface area (Å²) in [6.07, 6.45) is 6.27. The number of benzene rings is 1. The molecule has 20 heavy (non-hydrogen) atoms. The van der Waals surface area contributed by atoms with E-state index in [0.29, 0.717) is 18.0 Å². The van der Waals surface area contributed by atoms with Crippen LogP contribution >= 0.6 is 15.9 Å². The highest BCUT2D eigenvalue weighted by molar-refractivity contribution is 9.10. The maximum atomic E-state index is 11.6. The Bertz CT molecular complexity index is 472. The van der Waals surface area contributed by atoms with Crippen LogP contribution in [0, 0.1) is 5.92 Å². The van der Waals surface area contributed by atoms with Crippen molar-refractivity contribution in [3.63, 3.8) is 0 Å². The highest BCUT2D eigenvalue weighted by Gasteiger charge is 2.23. The van der Waals surface area contributed by atoms with Crippen LogP contribution in [-0.2, 0) is 0 Å². The number of nitrogens with one attached hydrogen (secondary N) is 1. The number of primary amides is 1. The van der Waals surface area contributed by atoms with Crippen molar-refractivity contribution in [2.75, 3.05) is 11.9 Å².